The summed E-state index contributed by atoms with van der Waals surface area (Å²) in [5.74, 6) is 0.690. The fraction of sp³-hybridized carbons (Fsp3) is 0.125. The third-order valence-corrected chi connectivity index (χ3v) is 1.21. The SMILES string of the molecule is [2H]C(=O)c1ccc(OC)cc1. The van der Waals surface area contributed by atoms with Gasteiger partial charge in [-0.05, 0) is 24.3 Å². The molecule has 0 saturated heterocycles. The maximum absolute atomic E-state index is 10.5. The fourth-order valence-electron chi connectivity index (χ4n) is 0.659. The molecule has 1 aromatic carbocycles. The topological polar surface area (TPSA) is 26.3 Å². The van der Waals surface area contributed by atoms with Gasteiger partial charge in [0.1, 0.15) is 13.4 Å². The standard InChI is InChI=1S/C8H8O2/c1-10-8-4-2-7(6-9)3-5-8/h2-6H,1H3/i6D. The van der Waals surface area contributed by atoms with Crippen molar-refractivity contribution < 1.29 is 10.9 Å². The maximum atomic E-state index is 10.5. The zero-order chi connectivity index (χ0) is 8.27. The van der Waals surface area contributed by atoms with Gasteiger partial charge in [0, 0.05) is 5.56 Å². The molecule has 52 valence electrons. The molecule has 1 aromatic rings. The molecule has 0 atom stereocenters. The summed E-state index contributed by atoms with van der Waals surface area (Å²) in [4.78, 5) is 10.5. The highest BCUT2D eigenvalue weighted by atomic mass is 16.5. The third kappa shape index (κ3) is 1.35. The Kier molecular flexibility index (Phi) is 1.65. The van der Waals surface area contributed by atoms with Crippen LogP contribution in [0.15, 0.2) is 24.3 Å². The van der Waals surface area contributed by atoms with Crippen LogP contribution >= 0.6 is 0 Å². The van der Waals surface area contributed by atoms with E-state index in [2.05, 4.69) is 0 Å². The molecule has 0 amide bonds. The number of hydrogen-bond acceptors (Lipinski definition) is 2. The highest BCUT2D eigenvalue weighted by molar-refractivity contribution is 5.74. The monoisotopic (exact) mass is 137 g/mol. The molecule has 10 heavy (non-hydrogen) atoms. The van der Waals surface area contributed by atoms with E-state index in [1.54, 1.807) is 31.4 Å². The number of benzene rings is 1. The van der Waals surface area contributed by atoms with Gasteiger partial charge >= 0.3 is 0 Å². The molecule has 0 unspecified atom stereocenters. The van der Waals surface area contributed by atoms with E-state index in [-0.39, 0.29) is 0 Å². The molecule has 0 aliphatic rings. The fourth-order valence-corrected chi connectivity index (χ4v) is 0.659. The van der Waals surface area contributed by atoms with Crippen LogP contribution in [0, 0.1) is 0 Å². The Morgan fingerprint density at radius 1 is 1.50 bits per heavy atom. The van der Waals surface area contributed by atoms with Crippen LogP contribution in [0.25, 0.3) is 0 Å². The molecule has 1 rings (SSSR count). The molecule has 2 heteroatoms. The van der Waals surface area contributed by atoms with Gasteiger partial charge in [0.25, 0.3) is 0 Å². The van der Waals surface area contributed by atoms with Crippen LogP contribution in [0.5, 0.6) is 5.75 Å². The van der Waals surface area contributed by atoms with Crippen LogP contribution in [-0.4, -0.2) is 13.4 Å². The van der Waals surface area contributed by atoms with E-state index in [0.29, 0.717) is 11.3 Å². The number of hydrogen-bond donors (Lipinski definition) is 0. The van der Waals surface area contributed by atoms with Crippen LogP contribution in [0.3, 0.4) is 0 Å². The average molecular weight is 137 g/mol. The van der Waals surface area contributed by atoms with Crippen LogP contribution < -0.4 is 4.74 Å². The van der Waals surface area contributed by atoms with Gasteiger partial charge in [-0.25, -0.2) is 0 Å². The lowest BCUT2D eigenvalue weighted by Crippen LogP contribution is -1.82. The van der Waals surface area contributed by atoms with Crippen molar-refractivity contribution in [3.05, 3.63) is 29.8 Å². The summed E-state index contributed by atoms with van der Waals surface area (Å²) in [5, 5.41) is 0. The molecule has 0 saturated carbocycles. The van der Waals surface area contributed by atoms with Crippen molar-refractivity contribution in [1.29, 1.82) is 0 Å². The second-order valence-corrected chi connectivity index (χ2v) is 1.83. The Morgan fingerprint density at radius 3 is 2.50 bits per heavy atom. The summed E-state index contributed by atoms with van der Waals surface area (Å²) < 4.78 is 11.6. The van der Waals surface area contributed by atoms with Gasteiger partial charge < -0.3 is 4.74 Å². The largest absolute Gasteiger partial charge is 0.497 e. The molecule has 0 aliphatic heterocycles. The lowest BCUT2D eigenvalue weighted by Gasteiger charge is -1.96. The number of methoxy groups -OCH3 is 1. The third-order valence-electron chi connectivity index (χ3n) is 1.21. The normalized spacial score (nSPS) is 10.3. The Hall–Kier alpha value is -1.31. The van der Waals surface area contributed by atoms with Crippen molar-refractivity contribution in [2.24, 2.45) is 0 Å². The van der Waals surface area contributed by atoms with Crippen molar-refractivity contribution in [2.45, 2.75) is 0 Å². The molecule has 0 N–H and O–H groups in total. The molecule has 0 spiro atoms. The lowest BCUT2D eigenvalue weighted by molar-refractivity contribution is 0.112. The first-order valence-electron chi connectivity index (χ1n) is 3.39. The number of carbonyl (C=O) groups excluding carboxylic acids is 1. The second-order valence-electron chi connectivity index (χ2n) is 1.83. The Bertz CT molecular complexity index is 253. The van der Waals surface area contributed by atoms with E-state index in [0.717, 1.165) is 0 Å². The summed E-state index contributed by atoms with van der Waals surface area (Å²) in [7, 11) is 1.55. The predicted molar refractivity (Wildman–Crippen MR) is 38.4 cm³/mol. The van der Waals surface area contributed by atoms with E-state index < -0.39 is 6.26 Å². The zero-order valence-electron chi connectivity index (χ0n) is 6.63. The van der Waals surface area contributed by atoms with Crippen LogP contribution in [-0.2, 0) is 0 Å². The molecule has 0 aliphatic carbocycles. The highest BCUT2D eigenvalue weighted by Crippen LogP contribution is 2.09. The Balaban J connectivity index is 2.91. The minimum atomic E-state index is -0.673. The minimum Gasteiger partial charge on any atom is -0.497 e. The van der Waals surface area contributed by atoms with Gasteiger partial charge in [-0.2, -0.15) is 0 Å². The quantitative estimate of drug-likeness (QED) is 0.577. The lowest BCUT2D eigenvalue weighted by atomic mass is 10.2. The molecular formula is C8H8O2. The smallest absolute Gasteiger partial charge is 0.150 e. The predicted octanol–water partition coefficient (Wildman–Crippen LogP) is 1.51. The van der Waals surface area contributed by atoms with Gasteiger partial charge in [-0.3, -0.25) is 4.79 Å². The van der Waals surface area contributed by atoms with Crippen LogP contribution in [0.1, 0.15) is 11.7 Å². The summed E-state index contributed by atoms with van der Waals surface area (Å²) in [6.45, 7) is 0. The summed E-state index contributed by atoms with van der Waals surface area (Å²) in [6, 6.07) is 6.44. The molecule has 0 heterocycles. The number of carbonyl (C=O) groups is 1. The van der Waals surface area contributed by atoms with E-state index in [9.17, 15) is 4.79 Å². The zero-order valence-corrected chi connectivity index (χ0v) is 5.63. The molecule has 0 aromatic heterocycles. The second kappa shape index (κ2) is 3.01. The molecule has 0 radical (unpaired) electrons. The molecule has 0 fully saturated rings. The Labute approximate surface area is 60.8 Å². The number of aldehydes is 1. The Morgan fingerprint density at radius 2 is 2.10 bits per heavy atom. The van der Waals surface area contributed by atoms with Crippen LogP contribution in [0.4, 0.5) is 0 Å². The van der Waals surface area contributed by atoms with Gasteiger partial charge in [0.15, 0.2) is 0 Å². The van der Waals surface area contributed by atoms with Crippen molar-refractivity contribution in [1.82, 2.24) is 0 Å². The number of rotatable bonds is 2. The summed E-state index contributed by atoms with van der Waals surface area (Å²) >= 11 is 0. The molecule has 0 bridgehead atoms. The van der Waals surface area contributed by atoms with E-state index in [1.807, 2.05) is 0 Å². The summed E-state index contributed by atoms with van der Waals surface area (Å²) in [6.07, 6.45) is -0.673. The van der Waals surface area contributed by atoms with Crippen molar-refractivity contribution in [3.8, 4) is 5.75 Å². The van der Waals surface area contributed by atoms with Gasteiger partial charge in [-0.15, -0.1) is 0 Å². The maximum Gasteiger partial charge on any atom is 0.150 e. The first kappa shape index (κ1) is 5.47. The minimum absolute atomic E-state index is 0.380. The van der Waals surface area contributed by atoms with Crippen molar-refractivity contribution >= 4 is 6.26 Å². The van der Waals surface area contributed by atoms with Crippen molar-refractivity contribution in [3.63, 3.8) is 0 Å². The van der Waals surface area contributed by atoms with Gasteiger partial charge in [-0.1, -0.05) is 0 Å². The number of ether oxygens (including phenoxy) is 1. The average Bonchev–Trinajstić information content (AvgIpc) is 2.05. The van der Waals surface area contributed by atoms with Gasteiger partial charge in [0.05, 0.1) is 7.11 Å². The van der Waals surface area contributed by atoms with E-state index in [1.165, 1.54) is 0 Å². The van der Waals surface area contributed by atoms with Crippen molar-refractivity contribution in [2.75, 3.05) is 7.11 Å². The van der Waals surface area contributed by atoms with Gasteiger partial charge in [0.2, 0.25) is 0 Å². The molecular weight excluding hydrogens is 128 g/mol. The van der Waals surface area contributed by atoms with E-state index in [4.69, 9.17) is 6.11 Å². The van der Waals surface area contributed by atoms with E-state index >= 15 is 0 Å². The highest BCUT2D eigenvalue weighted by Gasteiger charge is 1.89. The summed E-state index contributed by atoms with van der Waals surface area (Å²) in [5.41, 5.74) is 0.380. The first-order chi connectivity index (χ1) is 5.24. The molecule has 2 nitrogen and oxygen atoms in total. The first-order valence-corrected chi connectivity index (χ1v) is 2.89. The van der Waals surface area contributed by atoms with Crippen LogP contribution in [0.2, 0.25) is 0 Å².